The molecule has 0 amide bonds. The van der Waals surface area contributed by atoms with Crippen LogP contribution in [-0.4, -0.2) is 38.9 Å². The fourth-order valence-electron chi connectivity index (χ4n) is 1.61. The van der Waals surface area contributed by atoms with Crippen LogP contribution in [-0.2, 0) is 9.53 Å². The van der Waals surface area contributed by atoms with Crippen molar-refractivity contribution in [3.63, 3.8) is 0 Å². The molecule has 0 saturated carbocycles. The van der Waals surface area contributed by atoms with E-state index in [2.05, 4.69) is 13.8 Å². The van der Waals surface area contributed by atoms with Gasteiger partial charge in [-0.3, -0.25) is 4.79 Å². The van der Waals surface area contributed by atoms with Crippen molar-refractivity contribution in [1.82, 2.24) is 0 Å². The number of hydrogen-bond acceptors (Lipinski definition) is 2. The normalized spacial score (nSPS) is 11.4. The Labute approximate surface area is 152 Å². The molecule has 0 aromatic carbocycles. The maximum atomic E-state index is 11.5. The van der Waals surface area contributed by atoms with E-state index < -0.39 is 5.41 Å². The van der Waals surface area contributed by atoms with Crippen molar-refractivity contribution in [2.24, 2.45) is 11.3 Å². The van der Waals surface area contributed by atoms with Crippen LogP contribution < -0.4 is 34.0 Å². The van der Waals surface area contributed by atoms with Gasteiger partial charge in [0.15, 0.2) is 0 Å². The van der Waals surface area contributed by atoms with Crippen LogP contribution in [0.4, 0.5) is 0 Å². The van der Waals surface area contributed by atoms with Gasteiger partial charge >= 0.3 is 5.97 Å². The average molecular weight is 488 g/mol. The van der Waals surface area contributed by atoms with E-state index in [4.69, 9.17) is 4.74 Å². The molecule has 0 rings (SSSR count). The SMILES string of the molecule is [Br-].[Br-].[CH2]C(CCCCCC)C(C)(C)C(=O)OC.[In]. The van der Waals surface area contributed by atoms with E-state index in [0.717, 1.165) is 12.8 Å². The van der Waals surface area contributed by atoms with Gasteiger partial charge in [-0.05, 0) is 33.1 Å². The first kappa shape index (κ1) is 27.6. The third kappa shape index (κ3) is 10.1. The molecule has 0 spiro atoms. The fourth-order valence-corrected chi connectivity index (χ4v) is 1.61. The van der Waals surface area contributed by atoms with Crippen LogP contribution in [0.15, 0.2) is 0 Å². The molecule has 1 atom stereocenters. The van der Waals surface area contributed by atoms with Crippen LogP contribution in [0.1, 0.15) is 52.9 Å². The minimum Gasteiger partial charge on any atom is -1.00 e. The zero-order valence-corrected chi connectivity index (χ0v) is 18.4. The van der Waals surface area contributed by atoms with Gasteiger partial charge in [-0.25, -0.2) is 0 Å². The average Bonchev–Trinajstić information content (AvgIpc) is 2.22. The number of unbranched alkanes of at least 4 members (excludes halogenated alkanes) is 3. The molecule has 4 radical (unpaired) electrons. The summed E-state index contributed by atoms with van der Waals surface area (Å²) in [5.74, 6) is -0.0141. The zero-order chi connectivity index (χ0) is 11.9. The van der Waals surface area contributed by atoms with Gasteiger partial charge in [-0.15, -0.1) is 0 Å². The van der Waals surface area contributed by atoms with Gasteiger partial charge in [0.1, 0.15) is 0 Å². The standard InChI is InChI=1S/C13H25O2.2BrH.In/c1-6-7-8-9-10-11(2)13(3,4)12(14)15-5;;;/h11H,2,6-10H2,1,3-5H3;2*1H;/p-2. The number of rotatable bonds is 7. The smallest absolute Gasteiger partial charge is 0.311 e. The molecule has 108 valence electrons. The quantitative estimate of drug-likeness (QED) is 0.287. The van der Waals surface area contributed by atoms with E-state index >= 15 is 0 Å². The van der Waals surface area contributed by atoms with Crippen molar-refractivity contribution in [1.29, 1.82) is 0 Å². The monoisotopic (exact) mass is 486 g/mol. The summed E-state index contributed by atoms with van der Waals surface area (Å²) in [4.78, 5) is 11.5. The third-order valence-electron chi connectivity index (χ3n) is 3.14. The summed E-state index contributed by atoms with van der Waals surface area (Å²) >= 11 is 0. The summed E-state index contributed by atoms with van der Waals surface area (Å²) in [7, 11) is 1.44. The van der Waals surface area contributed by atoms with Crippen molar-refractivity contribution >= 4 is 31.8 Å². The molecule has 0 bridgehead atoms. The number of esters is 1. The summed E-state index contributed by atoms with van der Waals surface area (Å²) < 4.78 is 4.78. The number of carbonyl (C=O) groups excluding carboxylic acids is 1. The maximum Gasteiger partial charge on any atom is 0.311 e. The Bertz CT molecular complexity index is 199. The molecule has 0 aliphatic carbocycles. The largest absolute Gasteiger partial charge is 1.00 e. The second kappa shape index (κ2) is 14.7. The van der Waals surface area contributed by atoms with Crippen LogP contribution in [0, 0.1) is 18.3 Å². The van der Waals surface area contributed by atoms with E-state index in [0.29, 0.717) is 0 Å². The van der Waals surface area contributed by atoms with Crippen LogP contribution in [0.3, 0.4) is 0 Å². The van der Waals surface area contributed by atoms with Gasteiger partial charge in [-0.2, -0.15) is 0 Å². The summed E-state index contributed by atoms with van der Waals surface area (Å²) in [5.41, 5.74) is -0.457. The van der Waals surface area contributed by atoms with Crippen LogP contribution >= 0.6 is 0 Å². The Hall–Kier alpha value is 1.30. The maximum absolute atomic E-state index is 11.5. The molecule has 0 aliphatic rings. The second-order valence-electron chi connectivity index (χ2n) is 4.76. The summed E-state index contributed by atoms with van der Waals surface area (Å²) in [5, 5.41) is 0. The van der Waals surface area contributed by atoms with Crippen molar-refractivity contribution in [3.8, 4) is 0 Å². The predicted octanol–water partition coefficient (Wildman–Crippen LogP) is -2.77. The fraction of sp³-hybridized carbons (Fsp3) is 0.846. The molecule has 0 fully saturated rings. The number of halogens is 2. The van der Waals surface area contributed by atoms with Crippen molar-refractivity contribution in [3.05, 3.63) is 6.92 Å². The molecule has 2 nitrogen and oxygen atoms in total. The molecule has 0 N–H and O–H groups in total. The van der Waals surface area contributed by atoms with E-state index in [9.17, 15) is 4.79 Å². The minimum absolute atomic E-state index is 0. The van der Waals surface area contributed by atoms with Crippen molar-refractivity contribution < 1.29 is 43.5 Å². The molecular weight excluding hydrogens is 463 g/mol. The van der Waals surface area contributed by atoms with Crippen molar-refractivity contribution in [2.75, 3.05) is 7.11 Å². The first-order valence-corrected chi connectivity index (χ1v) is 5.88. The van der Waals surface area contributed by atoms with Gasteiger partial charge in [0.2, 0.25) is 0 Å². The Morgan fingerprint density at radius 3 is 2.11 bits per heavy atom. The van der Waals surface area contributed by atoms with Crippen LogP contribution in [0.2, 0.25) is 0 Å². The van der Waals surface area contributed by atoms with Gasteiger partial charge in [0.25, 0.3) is 0 Å². The van der Waals surface area contributed by atoms with Gasteiger partial charge in [-0.1, -0.05) is 32.6 Å². The number of methoxy groups -OCH3 is 1. The van der Waals surface area contributed by atoms with Crippen LogP contribution in [0.5, 0.6) is 0 Å². The Balaban J connectivity index is -0.000000327. The number of carbonyl (C=O) groups is 1. The number of hydrogen-bond donors (Lipinski definition) is 0. The zero-order valence-electron chi connectivity index (χ0n) is 12.0. The molecule has 0 aromatic rings. The Morgan fingerprint density at radius 2 is 1.72 bits per heavy atom. The molecule has 0 saturated heterocycles. The van der Waals surface area contributed by atoms with Crippen LogP contribution in [0.25, 0.3) is 0 Å². The summed E-state index contributed by atoms with van der Waals surface area (Å²) in [6.45, 7) is 10.1. The summed E-state index contributed by atoms with van der Waals surface area (Å²) in [6, 6.07) is 0. The van der Waals surface area contributed by atoms with E-state index in [1.165, 1.54) is 26.4 Å². The predicted molar refractivity (Wildman–Crippen MR) is 69.2 cm³/mol. The topological polar surface area (TPSA) is 26.3 Å². The molecule has 0 aliphatic heterocycles. The van der Waals surface area contributed by atoms with Crippen molar-refractivity contribution in [2.45, 2.75) is 52.9 Å². The Kier molecular flexibility index (Phi) is 22.6. The van der Waals surface area contributed by atoms with Gasteiger partial charge in [0, 0.05) is 25.8 Å². The first-order chi connectivity index (χ1) is 6.96. The van der Waals surface area contributed by atoms with E-state index in [1.807, 2.05) is 13.8 Å². The van der Waals surface area contributed by atoms with E-state index in [-0.39, 0.29) is 71.7 Å². The molecule has 5 heteroatoms. The van der Waals surface area contributed by atoms with E-state index in [1.54, 1.807) is 0 Å². The van der Waals surface area contributed by atoms with Gasteiger partial charge in [0.05, 0.1) is 12.5 Å². The molecule has 1 unspecified atom stereocenters. The first-order valence-electron chi connectivity index (χ1n) is 5.88. The van der Waals surface area contributed by atoms with Gasteiger partial charge < -0.3 is 38.7 Å². The Morgan fingerprint density at radius 1 is 1.22 bits per heavy atom. The molecule has 0 aromatic heterocycles. The third-order valence-corrected chi connectivity index (χ3v) is 3.14. The minimum atomic E-state index is -0.457. The summed E-state index contributed by atoms with van der Waals surface area (Å²) in [6.07, 6.45) is 5.90. The second-order valence-corrected chi connectivity index (χ2v) is 4.76. The molecule has 18 heavy (non-hydrogen) atoms. The molecule has 0 heterocycles. The number of ether oxygens (including phenoxy) is 1. The molecular formula is C13H25Br2InO2-2.